The van der Waals surface area contributed by atoms with Gasteiger partial charge in [-0.3, -0.25) is 4.79 Å². The molecule has 0 heterocycles. The predicted octanol–water partition coefficient (Wildman–Crippen LogP) is 0.452. The molecule has 1 saturated carbocycles. The Labute approximate surface area is 82.5 Å². The second kappa shape index (κ2) is 3.56. The number of hydrogen-bond acceptors (Lipinski definition) is 5. The van der Waals surface area contributed by atoms with Crippen molar-refractivity contribution in [1.29, 1.82) is 5.26 Å². The summed E-state index contributed by atoms with van der Waals surface area (Å²) >= 11 is 0. The molecule has 0 aliphatic heterocycles. The van der Waals surface area contributed by atoms with Crippen molar-refractivity contribution in [3.05, 3.63) is 0 Å². The Hall–Kier alpha value is -1.12. The molecule has 0 bridgehead atoms. The standard InChI is InChI=1S/C9H13NO4/c1-12-7(11)8(6-10)4-9(5-8,13-2)14-3/h4-5H2,1-3H3. The molecule has 5 nitrogen and oxygen atoms in total. The topological polar surface area (TPSA) is 68.6 Å². The van der Waals surface area contributed by atoms with E-state index in [1.54, 1.807) is 0 Å². The van der Waals surface area contributed by atoms with E-state index in [1.807, 2.05) is 6.07 Å². The fraction of sp³-hybridized carbons (Fsp3) is 0.778. The quantitative estimate of drug-likeness (QED) is 0.487. The summed E-state index contributed by atoms with van der Waals surface area (Å²) in [5, 5.41) is 8.90. The van der Waals surface area contributed by atoms with Crippen LogP contribution < -0.4 is 0 Å². The molecule has 0 aromatic carbocycles. The minimum atomic E-state index is -1.10. The zero-order valence-corrected chi connectivity index (χ0v) is 8.49. The zero-order chi connectivity index (χ0) is 10.8. The van der Waals surface area contributed by atoms with Gasteiger partial charge < -0.3 is 14.2 Å². The Balaban J connectivity index is 2.75. The SMILES string of the molecule is COC(=O)C1(C#N)CC(OC)(OC)C1. The summed E-state index contributed by atoms with van der Waals surface area (Å²) in [6, 6.07) is 1.95. The molecule has 78 valence electrons. The van der Waals surface area contributed by atoms with E-state index >= 15 is 0 Å². The molecule has 0 atom stereocenters. The molecule has 0 spiro atoms. The third kappa shape index (κ3) is 1.37. The van der Waals surface area contributed by atoms with Crippen LogP contribution in [0.15, 0.2) is 0 Å². The maximum atomic E-state index is 11.3. The molecule has 1 aliphatic carbocycles. The highest BCUT2D eigenvalue weighted by atomic mass is 16.7. The summed E-state index contributed by atoms with van der Waals surface area (Å²) in [6.45, 7) is 0. The average Bonchev–Trinajstić information content (AvgIpc) is 2.18. The van der Waals surface area contributed by atoms with Crippen LogP contribution in [0.3, 0.4) is 0 Å². The van der Waals surface area contributed by atoms with Gasteiger partial charge in [-0.25, -0.2) is 0 Å². The second-order valence-electron chi connectivity index (χ2n) is 3.36. The van der Waals surface area contributed by atoms with E-state index in [9.17, 15) is 4.79 Å². The van der Waals surface area contributed by atoms with E-state index in [2.05, 4.69) is 4.74 Å². The van der Waals surface area contributed by atoms with E-state index in [-0.39, 0.29) is 12.8 Å². The van der Waals surface area contributed by atoms with Gasteiger partial charge in [0.2, 0.25) is 0 Å². The first kappa shape index (κ1) is 11.0. The molecular weight excluding hydrogens is 186 g/mol. The molecule has 0 aromatic rings. The summed E-state index contributed by atoms with van der Waals surface area (Å²) in [6.07, 6.45) is 0.437. The smallest absolute Gasteiger partial charge is 0.326 e. The van der Waals surface area contributed by atoms with Crippen LogP contribution in [0.2, 0.25) is 0 Å². The van der Waals surface area contributed by atoms with Crippen LogP contribution in [0.25, 0.3) is 0 Å². The van der Waals surface area contributed by atoms with Crippen LogP contribution in [0, 0.1) is 16.7 Å². The largest absolute Gasteiger partial charge is 0.468 e. The maximum Gasteiger partial charge on any atom is 0.326 e. The molecule has 0 aromatic heterocycles. The summed E-state index contributed by atoms with van der Waals surface area (Å²) in [5.41, 5.74) is -1.10. The van der Waals surface area contributed by atoms with Gasteiger partial charge in [-0.1, -0.05) is 0 Å². The van der Waals surface area contributed by atoms with Gasteiger partial charge in [-0.15, -0.1) is 0 Å². The molecular formula is C9H13NO4. The Morgan fingerprint density at radius 1 is 1.29 bits per heavy atom. The number of esters is 1. The highest BCUT2D eigenvalue weighted by Crippen LogP contribution is 2.51. The average molecular weight is 199 g/mol. The van der Waals surface area contributed by atoms with Gasteiger partial charge in [0.05, 0.1) is 13.2 Å². The number of methoxy groups -OCH3 is 3. The summed E-state index contributed by atoms with van der Waals surface area (Å²) in [4.78, 5) is 11.3. The van der Waals surface area contributed by atoms with Crippen molar-refractivity contribution in [1.82, 2.24) is 0 Å². The lowest BCUT2D eigenvalue weighted by Gasteiger charge is -2.48. The monoisotopic (exact) mass is 199 g/mol. The normalized spacial score (nSPS) is 21.9. The van der Waals surface area contributed by atoms with Crippen LogP contribution >= 0.6 is 0 Å². The molecule has 14 heavy (non-hydrogen) atoms. The Morgan fingerprint density at radius 2 is 1.79 bits per heavy atom. The van der Waals surface area contributed by atoms with Crippen molar-refractivity contribution >= 4 is 5.97 Å². The summed E-state index contributed by atoms with van der Waals surface area (Å²) < 4.78 is 14.7. The van der Waals surface area contributed by atoms with Crippen molar-refractivity contribution in [3.63, 3.8) is 0 Å². The first-order valence-corrected chi connectivity index (χ1v) is 4.18. The summed E-state index contributed by atoms with van der Waals surface area (Å²) in [7, 11) is 4.24. The van der Waals surface area contributed by atoms with E-state index in [4.69, 9.17) is 14.7 Å². The van der Waals surface area contributed by atoms with E-state index < -0.39 is 17.2 Å². The first-order valence-electron chi connectivity index (χ1n) is 4.18. The van der Waals surface area contributed by atoms with Gasteiger partial charge in [-0.05, 0) is 0 Å². The van der Waals surface area contributed by atoms with Crippen LogP contribution in [-0.4, -0.2) is 33.1 Å². The van der Waals surface area contributed by atoms with Crippen molar-refractivity contribution in [3.8, 4) is 6.07 Å². The Morgan fingerprint density at radius 3 is 2.07 bits per heavy atom. The molecule has 1 fully saturated rings. The third-order valence-electron chi connectivity index (χ3n) is 2.68. The molecule has 0 unspecified atom stereocenters. The molecule has 1 aliphatic rings. The molecule has 1 rings (SSSR count). The lowest BCUT2D eigenvalue weighted by Crippen LogP contribution is -2.57. The fourth-order valence-corrected chi connectivity index (χ4v) is 1.70. The molecule has 5 heteroatoms. The van der Waals surface area contributed by atoms with Crippen molar-refractivity contribution in [2.75, 3.05) is 21.3 Å². The van der Waals surface area contributed by atoms with E-state index in [1.165, 1.54) is 21.3 Å². The van der Waals surface area contributed by atoms with Crippen LogP contribution in [-0.2, 0) is 19.0 Å². The highest BCUT2D eigenvalue weighted by molar-refractivity contribution is 5.81. The number of nitriles is 1. The van der Waals surface area contributed by atoms with Gasteiger partial charge in [0, 0.05) is 27.1 Å². The van der Waals surface area contributed by atoms with Gasteiger partial charge in [0.1, 0.15) is 0 Å². The number of nitrogens with zero attached hydrogens (tertiary/aromatic N) is 1. The zero-order valence-electron chi connectivity index (χ0n) is 8.49. The van der Waals surface area contributed by atoms with Crippen molar-refractivity contribution in [2.45, 2.75) is 18.6 Å². The Bertz CT molecular complexity index is 269. The van der Waals surface area contributed by atoms with E-state index in [0.29, 0.717) is 0 Å². The lowest BCUT2D eigenvalue weighted by molar-refractivity contribution is -0.284. The molecule has 0 amide bonds. The second-order valence-corrected chi connectivity index (χ2v) is 3.36. The lowest BCUT2D eigenvalue weighted by atomic mass is 9.65. The van der Waals surface area contributed by atoms with Crippen molar-refractivity contribution in [2.24, 2.45) is 5.41 Å². The molecule has 0 saturated heterocycles. The molecule has 0 radical (unpaired) electrons. The van der Waals surface area contributed by atoms with Crippen LogP contribution in [0.5, 0.6) is 0 Å². The Kier molecular flexibility index (Phi) is 2.79. The minimum Gasteiger partial charge on any atom is -0.468 e. The van der Waals surface area contributed by atoms with Gasteiger partial charge in [0.15, 0.2) is 11.2 Å². The van der Waals surface area contributed by atoms with Gasteiger partial charge >= 0.3 is 5.97 Å². The number of carbonyl (C=O) groups is 1. The highest BCUT2D eigenvalue weighted by Gasteiger charge is 2.62. The number of hydrogen-bond donors (Lipinski definition) is 0. The predicted molar refractivity (Wildman–Crippen MR) is 46.0 cm³/mol. The molecule has 0 N–H and O–H groups in total. The van der Waals surface area contributed by atoms with Crippen LogP contribution in [0.1, 0.15) is 12.8 Å². The minimum absolute atomic E-state index is 0.218. The van der Waals surface area contributed by atoms with Gasteiger partial charge in [-0.2, -0.15) is 5.26 Å². The van der Waals surface area contributed by atoms with Gasteiger partial charge in [0.25, 0.3) is 0 Å². The maximum absolute atomic E-state index is 11.3. The summed E-state index contributed by atoms with van der Waals surface area (Å²) in [5.74, 6) is -1.33. The number of ether oxygens (including phenoxy) is 3. The first-order chi connectivity index (χ1) is 6.58. The fourth-order valence-electron chi connectivity index (χ4n) is 1.70. The van der Waals surface area contributed by atoms with Crippen LogP contribution in [0.4, 0.5) is 0 Å². The third-order valence-corrected chi connectivity index (χ3v) is 2.68. The van der Waals surface area contributed by atoms with E-state index in [0.717, 1.165) is 0 Å². The van der Waals surface area contributed by atoms with Crippen molar-refractivity contribution < 1.29 is 19.0 Å². The number of rotatable bonds is 3. The number of carbonyl (C=O) groups excluding carboxylic acids is 1.